The molecule has 1 fully saturated rings. The van der Waals surface area contributed by atoms with Gasteiger partial charge in [-0.1, -0.05) is 23.7 Å². The fraction of sp³-hybridized carbons (Fsp3) is 0.188. The second-order valence-electron chi connectivity index (χ2n) is 5.28. The van der Waals surface area contributed by atoms with E-state index in [-0.39, 0.29) is 6.54 Å². The van der Waals surface area contributed by atoms with Crippen LogP contribution in [0.25, 0.3) is 0 Å². The molecule has 24 heavy (non-hydrogen) atoms. The number of amides is 2. The van der Waals surface area contributed by atoms with E-state index in [0.717, 1.165) is 6.20 Å². The highest BCUT2D eigenvalue weighted by atomic mass is 35.5. The molecule has 3 rings (SSSR count). The molecule has 1 aromatic carbocycles. The Bertz CT molecular complexity index is 722. The van der Waals surface area contributed by atoms with Crippen LogP contribution in [0.1, 0.15) is 17.3 Å². The predicted molar refractivity (Wildman–Crippen MR) is 83.7 cm³/mol. The highest BCUT2D eigenvalue weighted by Crippen LogP contribution is 2.32. The molecule has 124 valence electrons. The van der Waals surface area contributed by atoms with Crippen molar-refractivity contribution in [1.82, 2.24) is 9.88 Å². The number of rotatable bonds is 4. The van der Waals surface area contributed by atoms with Crippen LogP contribution in [0.15, 0.2) is 42.6 Å². The summed E-state index contributed by atoms with van der Waals surface area (Å²) in [6, 6.07) is 8.85. The van der Waals surface area contributed by atoms with Gasteiger partial charge in [0, 0.05) is 5.02 Å². The molecule has 2 aromatic rings. The minimum absolute atomic E-state index is 0.0134. The van der Waals surface area contributed by atoms with E-state index in [0.29, 0.717) is 16.3 Å². The lowest BCUT2D eigenvalue weighted by Gasteiger charge is -2.25. The van der Waals surface area contributed by atoms with Crippen LogP contribution in [-0.2, 0) is 9.53 Å². The second kappa shape index (κ2) is 6.45. The first-order valence-corrected chi connectivity index (χ1v) is 7.47. The van der Waals surface area contributed by atoms with Crippen molar-refractivity contribution in [2.45, 2.75) is 12.1 Å². The van der Waals surface area contributed by atoms with Crippen LogP contribution in [-0.4, -0.2) is 34.5 Å². The topological polar surface area (TPSA) is 85.5 Å². The van der Waals surface area contributed by atoms with E-state index >= 15 is 0 Å². The number of nitrogens with zero attached hydrogens (tertiary/aromatic N) is 2. The first-order valence-electron chi connectivity index (χ1n) is 7.09. The molecule has 0 radical (unpaired) electrons. The molecule has 1 aliphatic heterocycles. The van der Waals surface area contributed by atoms with E-state index in [1.54, 1.807) is 24.3 Å². The SMILES string of the molecule is NC(=O)C1CN([C@@H](c2ccc(Cl)cc2)c2ccc(F)cn2)C(=O)O1. The summed E-state index contributed by atoms with van der Waals surface area (Å²) in [6.07, 6.45) is -0.664. The number of primary amides is 1. The summed E-state index contributed by atoms with van der Waals surface area (Å²) in [5.41, 5.74) is 6.34. The van der Waals surface area contributed by atoms with Gasteiger partial charge in [-0.25, -0.2) is 9.18 Å². The minimum atomic E-state index is -1.03. The third kappa shape index (κ3) is 3.16. The van der Waals surface area contributed by atoms with Gasteiger partial charge in [0.05, 0.1) is 18.4 Å². The lowest BCUT2D eigenvalue weighted by Crippen LogP contribution is -2.35. The molecule has 6 nitrogen and oxygen atoms in total. The van der Waals surface area contributed by atoms with Gasteiger partial charge in [-0.3, -0.25) is 14.7 Å². The van der Waals surface area contributed by atoms with Gasteiger partial charge in [0.1, 0.15) is 11.9 Å². The number of cyclic esters (lactones) is 1. The zero-order chi connectivity index (χ0) is 17.3. The molecule has 8 heteroatoms. The van der Waals surface area contributed by atoms with Crippen molar-refractivity contribution >= 4 is 23.6 Å². The maximum absolute atomic E-state index is 13.2. The summed E-state index contributed by atoms with van der Waals surface area (Å²) < 4.78 is 18.2. The number of aromatic nitrogens is 1. The van der Waals surface area contributed by atoms with Crippen LogP contribution in [0.2, 0.25) is 5.02 Å². The van der Waals surface area contributed by atoms with E-state index in [4.69, 9.17) is 22.1 Å². The standard InChI is InChI=1S/C16H13ClFN3O3/c17-10-3-1-9(2-4-10)14(12-6-5-11(18)7-20-12)21-8-13(15(19)22)24-16(21)23/h1-7,13-14H,8H2,(H2,19,22)/t13?,14-/m0/s1. The molecule has 1 aliphatic rings. The lowest BCUT2D eigenvalue weighted by atomic mass is 10.0. The highest BCUT2D eigenvalue weighted by Gasteiger charge is 2.40. The first-order chi connectivity index (χ1) is 11.5. The number of carbonyl (C=O) groups is 2. The van der Waals surface area contributed by atoms with Crippen LogP contribution >= 0.6 is 11.6 Å². The predicted octanol–water partition coefficient (Wildman–Crippen LogP) is 2.27. The van der Waals surface area contributed by atoms with E-state index in [2.05, 4.69) is 4.98 Å². The van der Waals surface area contributed by atoms with Gasteiger partial charge in [0.25, 0.3) is 5.91 Å². The number of nitrogens with two attached hydrogens (primary N) is 1. The fourth-order valence-corrected chi connectivity index (χ4v) is 2.67. The number of hydrogen-bond acceptors (Lipinski definition) is 4. The van der Waals surface area contributed by atoms with Crippen molar-refractivity contribution in [2.75, 3.05) is 6.54 Å². The molecule has 1 unspecified atom stereocenters. The molecule has 2 heterocycles. The van der Waals surface area contributed by atoms with Crippen LogP contribution in [0, 0.1) is 5.82 Å². The monoisotopic (exact) mass is 349 g/mol. The molecule has 0 bridgehead atoms. The molecular formula is C16H13ClFN3O3. The average Bonchev–Trinajstić information content (AvgIpc) is 2.93. The Labute approximate surface area is 142 Å². The molecular weight excluding hydrogens is 337 g/mol. The normalized spacial score (nSPS) is 18.3. The molecule has 0 aliphatic carbocycles. The molecule has 2 amide bonds. The van der Waals surface area contributed by atoms with Gasteiger partial charge >= 0.3 is 6.09 Å². The summed E-state index contributed by atoms with van der Waals surface area (Å²) >= 11 is 5.90. The van der Waals surface area contributed by atoms with Crippen LogP contribution in [0.4, 0.5) is 9.18 Å². The largest absolute Gasteiger partial charge is 0.434 e. The molecule has 2 N–H and O–H groups in total. The number of hydrogen-bond donors (Lipinski definition) is 1. The summed E-state index contributed by atoms with van der Waals surface area (Å²) in [5.74, 6) is -1.22. The van der Waals surface area contributed by atoms with Crippen LogP contribution in [0.5, 0.6) is 0 Å². The quantitative estimate of drug-likeness (QED) is 0.917. The number of ether oxygens (including phenoxy) is 1. The van der Waals surface area contributed by atoms with Crippen molar-refractivity contribution in [2.24, 2.45) is 5.73 Å². The van der Waals surface area contributed by atoms with Crippen molar-refractivity contribution in [3.63, 3.8) is 0 Å². The van der Waals surface area contributed by atoms with Gasteiger partial charge in [-0.05, 0) is 29.8 Å². The zero-order valence-corrected chi connectivity index (χ0v) is 13.1. The zero-order valence-electron chi connectivity index (χ0n) is 12.4. The number of halogens is 2. The number of carbonyl (C=O) groups excluding carboxylic acids is 2. The van der Waals surface area contributed by atoms with Gasteiger partial charge < -0.3 is 10.5 Å². The summed E-state index contributed by atoms with van der Waals surface area (Å²) in [4.78, 5) is 28.9. The van der Waals surface area contributed by atoms with Gasteiger partial charge in [0.15, 0.2) is 6.10 Å². The van der Waals surface area contributed by atoms with Crippen molar-refractivity contribution in [3.8, 4) is 0 Å². The van der Waals surface area contributed by atoms with E-state index < -0.39 is 30.0 Å². The highest BCUT2D eigenvalue weighted by molar-refractivity contribution is 6.30. The van der Waals surface area contributed by atoms with Crippen molar-refractivity contribution in [3.05, 3.63) is 64.7 Å². The summed E-state index contributed by atoms with van der Waals surface area (Å²) in [5, 5.41) is 0.531. The lowest BCUT2D eigenvalue weighted by molar-refractivity contribution is -0.124. The van der Waals surface area contributed by atoms with E-state index in [1.165, 1.54) is 17.0 Å². The number of benzene rings is 1. The third-order valence-corrected chi connectivity index (χ3v) is 3.94. The Balaban J connectivity index is 2.02. The van der Waals surface area contributed by atoms with Crippen molar-refractivity contribution < 1.29 is 18.7 Å². The maximum Gasteiger partial charge on any atom is 0.411 e. The average molecular weight is 350 g/mol. The third-order valence-electron chi connectivity index (χ3n) is 3.69. The fourth-order valence-electron chi connectivity index (χ4n) is 2.54. The van der Waals surface area contributed by atoms with E-state index in [1.807, 2.05) is 0 Å². The summed E-state index contributed by atoms with van der Waals surface area (Å²) in [6.45, 7) is -0.0134. The van der Waals surface area contributed by atoms with Gasteiger partial charge in [-0.15, -0.1) is 0 Å². The van der Waals surface area contributed by atoms with E-state index in [9.17, 15) is 14.0 Å². The Morgan fingerprint density at radius 2 is 2.04 bits per heavy atom. The molecule has 2 atom stereocenters. The Morgan fingerprint density at radius 1 is 1.33 bits per heavy atom. The minimum Gasteiger partial charge on any atom is -0.434 e. The van der Waals surface area contributed by atoms with Crippen LogP contribution < -0.4 is 5.73 Å². The maximum atomic E-state index is 13.2. The Hall–Kier alpha value is -2.67. The van der Waals surface area contributed by atoms with Crippen molar-refractivity contribution in [1.29, 1.82) is 0 Å². The number of pyridine rings is 1. The van der Waals surface area contributed by atoms with Gasteiger partial charge in [0.2, 0.25) is 0 Å². The smallest absolute Gasteiger partial charge is 0.411 e. The molecule has 1 saturated heterocycles. The first kappa shape index (κ1) is 16.2. The Kier molecular flexibility index (Phi) is 4.35. The molecule has 0 saturated carbocycles. The second-order valence-corrected chi connectivity index (χ2v) is 5.72. The summed E-state index contributed by atoms with van der Waals surface area (Å²) in [7, 11) is 0. The molecule has 1 aromatic heterocycles. The Morgan fingerprint density at radius 3 is 2.58 bits per heavy atom. The van der Waals surface area contributed by atoms with Crippen LogP contribution in [0.3, 0.4) is 0 Å². The van der Waals surface area contributed by atoms with Gasteiger partial charge in [-0.2, -0.15) is 0 Å². The molecule has 0 spiro atoms.